The van der Waals surface area contributed by atoms with Gasteiger partial charge in [-0.2, -0.15) is 5.10 Å². The Labute approximate surface area is 129 Å². The van der Waals surface area contributed by atoms with Crippen molar-refractivity contribution in [3.8, 4) is 0 Å². The first-order chi connectivity index (χ1) is 10.3. The zero-order chi connectivity index (χ0) is 16.1. The number of aryl methyl sites for hydroxylation is 1. The third-order valence-electron chi connectivity index (χ3n) is 4.71. The molecule has 2 heterocycles. The molecule has 1 saturated heterocycles. The number of nitrogens with zero attached hydrogens (tertiary/aromatic N) is 3. The molecule has 0 spiro atoms. The molecule has 1 N–H and O–H groups in total. The Kier molecular flexibility index (Phi) is 3.66. The summed E-state index contributed by atoms with van der Waals surface area (Å²) >= 11 is 0. The van der Waals surface area contributed by atoms with E-state index < -0.39 is 27.1 Å². The molecule has 1 aromatic rings. The highest BCUT2D eigenvalue weighted by molar-refractivity contribution is 7.91. The van der Waals surface area contributed by atoms with E-state index >= 15 is 0 Å². The molecule has 1 aliphatic carbocycles. The largest absolute Gasteiger partial charge is 0.480 e. The van der Waals surface area contributed by atoms with Gasteiger partial charge in [0.25, 0.3) is 0 Å². The van der Waals surface area contributed by atoms with Crippen molar-refractivity contribution in [2.75, 3.05) is 17.7 Å². The molecule has 2 unspecified atom stereocenters. The van der Waals surface area contributed by atoms with Crippen LogP contribution in [0.2, 0.25) is 0 Å². The van der Waals surface area contributed by atoms with Crippen molar-refractivity contribution < 1.29 is 18.3 Å². The number of aliphatic carboxylic acids is 1. The van der Waals surface area contributed by atoms with E-state index in [0.717, 1.165) is 30.8 Å². The average Bonchev–Trinajstić information content (AvgIpc) is 2.89. The van der Waals surface area contributed by atoms with Gasteiger partial charge in [-0.1, -0.05) is 0 Å². The van der Waals surface area contributed by atoms with Crippen LogP contribution in [0.4, 0.5) is 5.82 Å². The van der Waals surface area contributed by atoms with Crippen LogP contribution in [0, 0.1) is 6.92 Å². The molecular formula is C14H21N3O4S. The molecule has 22 heavy (non-hydrogen) atoms. The van der Waals surface area contributed by atoms with Crippen LogP contribution < -0.4 is 4.90 Å². The summed E-state index contributed by atoms with van der Waals surface area (Å²) in [4.78, 5) is 13.3. The summed E-state index contributed by atoms with van der Waals surface area (Å²) in [5, 5.41) is 13.3. The van der Waals surface area contributed by atoms with Crippen LogP contribution in [-0.2, 0) is 14.6 Å². The fourth-order valence-corrected chi connectivity index (χ4v) is 4.18. The number of carbonyl (C=O) groups is 1. The molecule has 3 rings (SSSR count). The Hall–Kier alpha value is -1.57. The fourth-order valence-electron chi connectivity index (χ4n) is 3.21. The van der Waals surface area contributed by atoms with Crippen LogP contribution in [0.1, 0.15) is 37.4 Å². The predicted molar refractivity (Wildman–Crippen MR) is 81.9 cm³/mol. The van der Waals surface area contributed by atoms with Crippen LogP contribution in [0.3, 0.4) is 0 Å². The fraction of sp³-hybridized carbons (Fsp3) is 0.714. The summed E-state index contributed by atoms with van der Waals surface area (Å²) in [6, 6.07) is 1.35. The Balaban J connectivity index is 1.97. The zero-order valence-electron chi connectivity index (χ0n) is 12.8. The lowest BCUT2D eigenvalue weighted by atomic mass is 9.93. The minimum Gasteiger partial charge on any atom is -0.480 e. The van der Waals surface area contributed by atoms with E-state index in [1.807, 2.05) is 17.7 Å². The Morgan fingerprint density at radius 3 is 2.59 bits per heavy atom. The molecule has 8 heteroatoms. The normalized spacial score (nSPS) is 26.2. The number of anilines is 1. The Morgan fingerprint density at radius 1 is 1.41 bits per heavy atom. The van der Waals surface area contributed by atoms with Crippen LogP contribution in [0.15, 0.2) is 6.07 Å². The molecule has 7 nitrogen and oxygen atoms in total. The van der Waals surface area contributed by atoms with E-state index in [9.17, 15) is 18.3 Å². The van der Waals surface area contributed by atoms with Gasteiger partial charge < -0.3 is 10.0 Å². The van der Waals surface area contributed by atoms with Crippen LogP contribution in [-0.4, -0.2) is 53.4 Å². The number of rotatable bonds is 4. The molecule has 2 aliphatic rings. The summed E-state index contributed by atoms with van der Waals surface area (Å²) in [5.41, 5.74) is 0.828. The highest BCUT2D eigenvalue weighted by atomic mass is 32.2. The maximum Gasteiger partial charge on any atom is 0.326 e. The highest BCUT2D eigenvalue weighted by Crippen LogP contribution is 2.37. The van der Waals surface area contributed by atoms with Gasteiger partial charge in [-0.05, 0) is 32.6 Å². The first kappa shape index (κ1) is 15.3. The smallest absolute Gasteiger partial charge is 0.326 e. The standard InChI is InChI=1S/C14H21N3O4S/c1-9-6-13(17(15-9)10-4-3-5-10)16-8-11(22(2,20)21)7-12(16)14(18)19/h6,10-12H,3-5,7-8H2,1-2H3,(H,18,19). The van der Waals surface area contributed by atoms with E-state index in [1.165, 1.54) is 6.26 Å². The lowest BCUT2D eigenvalue weighted by Crippen LogP contribution is -2.38. The number of sulfone groups is 1. The van der Waals surface area contributed by atoms with E-state index in [-0.39, 0.29) is 13.0 Å². The van der Waals surface area contributed by atoms with Crippen molar-refractivity contribution in [3.05, 3.63) is 11.8 Å². The van der Waals surface area contributed by atoms with Gasteiger partial charge in [-0.3, -0.25) is 0 Å². The lowest BCUT2D eigenvalue weighted by Gasteiger charge is -2.31. The highest BCUT2D eigenvalue weighted by Gasteiger charge is 2.43. The van der Waals surface area contributed by atoms with Gasteiger partial charge in [-0.25, -0.2) is 17.9 Å². The summed E-state index contributed by atoms with van der Waals surface area (Å²) in [7, 11) is -3.26. The molecule has 1 aromatic heterocycles. The third kappa shape index (κ3) is 2.60. The molecule has 1 aliphatic heterocycles. The van der Waals surface area contributed by atoms with Gasteiger partial charge in [-0.15, -0.1) is 0 Å². The van der Waals surface area contributed by atoms with Crippen molar-refractivity contribution in [1.29, 1.82) is 0 Å². The molecule has 122 valence electrons. The monoisotopic (exact) mass is 327 g/mol. The minimum absolute atomic E-state index is 0.128. The van der Waals surface area contributed by atoms with E-state index in [2.05, 4.69) is 5.10 Å². The van der Waals surface area contributed by atoms with Crippen molar-refractivity contribution in [1.82, 2.24) is 9.78 Å². The molecule has 0 aromatic carbocycles. The predicted octanol–water partition coefficient (Wildman–Crippen LogP) is 0.993. The summed E-state index contributed by atoms with van der Waals surface area (Å²) < 4.78 is 25.5. The van der Waals surface area contributed by atoms with Gasteiger partial charge in [0.15, 0.2) is 9.84 Å². The molecule has 0 bridgehead atoms. The topological polar surface area (TPSA) is 92.5 Å². The zero-order valence-corrected chi connectivity index (χ0v) is 13.6. The van der Waals surface area contributed by atoms with Crippen LogP contribution >= 0.6 is 0 Å². The van der Waals surface area contributed by atoms with Crippen LogP contribution in [0.25, 0.3) is 0 Å². The lowest BCUT2D eigenvalue weighted by molar-refractivity contribution is -0.138. The SMILES string of the molecule is Cc1cc(N2CC(S(C)(=O)=O)CC2C(=O)O)n(C2CCC2)n1. The van der Waals surface area contributed by atoms with Gasteiger partial charge in [0.1, 0.15) is 11.9 Å². The van der Waals surface area contributed by atoms with Gasteiger partial charge >= 0.3 is 5.97 Å². The second kappa shape index (κ2) is 5.26. The van der Waals surface area contributed by atoms with E-state index in [1.54, 1.807) is 4.90 Å². The van der Waals surface area contributed by atoms with Crippen molar-refractivity contribution in [3.63, 3.8) is 0 Å². The molecule has 0 radical (unpaired) electrons. The second-order valence-electron chi connectivity index (χ2n) is 6.37. The number of hydrogen-bond acceptors (Lipinski definition) is 5. The molecule has 0 amide bonds. The first-order valence-corrected chi connectivity index (χ1v) is 9.47. The van der Waals surface area contributed by atoms with Crippen molar-refractivity contribution in [2.45, 2.75) is 49.9 Å². The van der Waals surface area contributed by atoms with Crippen molar-refractivity contribution in [2.24, 2.45) is 0 Å². The number of aromatic nitrogens is 2. The summed E-state index contributed by atoms with van der Waals surface area (Å²) in [6.45, 7) is 2.09. The van der Waals surface area contributed by atoms with Gasteiger partial charge in [0, 0.05) is 18.9 Å². The third-order valence-corrected chi connectivity index (χ3v) is 6.26. The van der Waals surface area contributed by atoms with Crippen LogP contribution in [0.5, 0.6) is 0 Å². The molecule has 2 atom stereocenters. The quantitative estimate of drug-likeness (QED) is 0.886. The maximum absolute atomic E-state index is 11.8. The number of carboxylic acid groups (broad SMARTS) is 1. The Morgan fingerprint density at radius 2 is 2.09 bits per heavy atom. The van der Waals surface area contributed by atoms with Gasteiger partial charge in [0.05, 0.1) is 17.0 Å². The summed E-state index contributed by atoms with van der Waals surface area (Å²) in [6.07, 6.45) is 4.53. The maximum atomic E-state index is 11.8. The van der Waals surface area contributed by atoms with E-state index in [4.69, 9.17) is 0 Å². The minimum atomic E-state index is -3.26. The molecular weight excluding hydrogens is 306 g/mol. The number of carboxylic acids is 1. The average molecular weight is 327 g/mol. The van der Waals surface area contributed by atoms with Crippen molar-refractivity contribution >= 4 is 21.6 Å². The number of hydrogen-bond donors (Lipinski definition) is 1. The van der Waals surface area contributed by atoms with E-state index in [0.29, 0.717) is 6.04 Å². The Bertz CT molecular complexity index is 693. The molecule has 1 saturated carbocycles. The molecule has 2 fully saturated rings. The first-order valence-electron chi connectivity index (χ1n) is 7.52. The van der Waals surface area contributed by atoms with Gasteiger partial charge in [0.2, 0.25) is 0 Å². The second-order valence-corrected chi connectivity index (χ2v) is 8.69. The summed E-state index contributed by atoms with van der Waals surface area (Å²) in [5.74, 6) is -0.245.